The summed E-state index contributed by atoms with van der Waals surface area (Å²) in [6, 6.07) is 16.2. The maximum atomic E-state index is 10.3. The molecule has 94 valence electrons. The first kappa shape index (κ1) is 13.2. The van der Waals surface area contributed by atoms with Crippen molar-refractivity contribution in [2.75, 3.05) is 5.75 Å². The van der Waals surface area contributed by atoms with E-state index in [4.69, 9.17) is 0 Å². The lowest BCUT2D eigenvalue weighted by molar-refractivity contribution is 0.220. The molecule has 0 aromatic heterocycles. The molecule has 0 aliphatic carbocycles. The minimum absolute atomic E-state index is 0.537. The molecule has 0 amide bonds. The Morgan fingerprint density at radius 3 is 2.39 bits per heavy atom. The SMILES string of the molecule is CCSc1ccc([C@@H](O)c2cccc(C)c2)cc1. The molecule has 1 atom stereocenters. The van der Waals surface area contributed by atoms with Crippen molar-refractivity contribution in [3.63, 3.8) is 0 Å². The molecule has 0 saturated heterocycles. The highest BCUT2D eigenvalue weighted by atomic mass is 32.2. The first-order valence-electron chi connectivity index (χ1n) is 6.18. The highest BCUT2D eigenvalue weighted by molar-refractivity contribution is 7.99. The van der Waals surface area contributed by atoms with E-state index < -0.39 is 6.10 Å². The standard InChI is InChI=1S/C16H18OS/c1-3-18-15-9-7-13(8-10-15)16(17)14-6-4-5-12(2)11-14/h4-11,16-17H,3H2,1-2H3/t16-/m1/s1. The third-order valence-corrected chi connectivity index (χ3v) is 3.76. The average molecular weight is 258 g/mol. The molecule has 0 heterocycles. The summed E-state index contributed by atoms with van der Waals surface area (Å²) in [5, 5.41) is 10.3. The Labute approximate surface area is 113 Å². The van der Waals surface area contributed by atoms with Gasteiger partial charge in [-0.05, 0) is 35.9 Å². The van der Waals surface area contributed by atoms with Crippen molar-refractivity contribution in [3.8, 4) is 0 Å². The second-order valence-electron chi connectivity index (χ2n) is 4.32. The highest BCUT2D eigenvalue weighted by Gasteiger charge is 2.10. The van der Waals surface area contributed by atoms with Crippen LogP contribution in [0.5, 0.6) is 0 Å². The fourth-order valence-electron chi connectivity index (χ4n) is 1.95. The molecule has 1 N–H and O–H groups in total. The monoisotopic (exact) mass is 258 g/mol. The molecular formula is C16H18OS. The summed E-state index contributed by atoms with van der Waals surface area (Å²) in [4.78, 5) is 1.25. The third-order valence-electron chi connectivity index (χ3n) is 2.86. The molecule has 0 bridgehead atoms. The van der Waals surface area contributed by atoms with Gasteiger partial charge < -0.3 is 5.11 Å². The second kappa shape index (κ2) is 6.07. The Balaban J connectivity index is 2.20. The number of rotatable bonds is 4. The first-order valence-corrected chi connectivity index (χ1v) is 7.16. The van der Waals surface area contributed by atoms with Crippen LogP contribution in [0, 0.1) is 6.92 Å². The van der Waals surface area contributed by atoms with E-state index in [0.717, 1.165) is 16.9 Å². The van der Waals surface area contributed by atoms with Crippen LogP contribution in [0.4, 0.5) is 0 Å². The van der Waals surface area contributed by atoms with Gasteiger partial charge in [0.15, 0.2) is 0 Å². The largest absolute Gasteiger partial charge is 0.384 e. The van der Waals surface area contributed by atoms with E-state index in [0.29, 0.717) is 0 Å². The minimum Gasteiger partial charge on any atom is -0.384 e. The number of hydrogen-bond acceptors (Lipinski definition) is 2. The zero-order valence-corrected chi connectivity index (χ0v) is 11.6. The van der Waals surface area contributed by atoms with Gasteiger partial charge in [-0.2, -0.15) is 0 Å². The third kappa shape index (κ3) is 3.15. The first-order chi connectivity index (χ1) is 8.70. The summed E-state index contributed by atoms with van der Waals surface area (Å²) in [5.41, 5.74) is 3.07. The average Bonchev–Trinajstić information content (AvgIpc) is 2.39. The number of aliphatic hydroxyl groups is 1. The molecule has 2 aromatic rings. The molecule has 0 spiro atoms. The molecular weight excluding hydrogens is 240 g/mol. The topological polar surface area (TPSA) is 20.2 Å². The predicted molar refractivity (Wildman–Crippen MR) is 78.1 cm³/mol. The Kier molecular flexibility index (Phi) is 4.45. The summed E-state index contributed by atoms with van der Waals surface area (Å²) < 4.78 is 0. The molecule has 2 rings (SSSR count). The van der Waals surface area contributed by atoms with Crippen molar-refractivity contribution in [3.05, 3.63) is 65.2 Å². The number of thioether (sulfide) groups is 1. The van der Waals surface area contributed by atoms with Crippen LogP contribution in [0.2, 0.25) is 0 Å². The van der Waals surface area contributed by atoms with Crippen LogP contribution in [0.25, 0.3) is 0 Å². The number of aryl methyl sites for hydroxylation is 1. The Morgan fingerprint density at radius 2 is 1.78 bits per heavy atom. The summed E-state index contributed by atoms with van der Waals surface area (Å²) in [6.45, 7) is 4.18. The van der Waals surface area contributed by atoms with Gasteiger partial charge >= 0.3 is 0 Å². The van der Waals surface area contributed by atoms with Crippen molar-refractivity contribution in [2.24, 2.45) is 0 Å². The van der Waals surface area contributed by atoms with Crippen LogP contribution in [-0.4, -0.2) is 10.9 Å². The predicted octanol–water partition coefficient (Wildman–Crippen LogP) is 4.19. The van der Waals surface area contributed by atoms with Gasteiger partial charge in [-0.15, -0.1) is 11.8 Å². The van der Waals surface area contributed by atoms with E-state index in [1.54, 1.807) is 0 Å². The molecule has 0 aliphatic rings. The van der Waals surface area contributed by atoms with Crippen LogP contribution in [-0.2, 0) is 0 Å². The molecule has 0 radical (unpaired) electrons. The lowest BCUT2D eigenvalue weighted by Gasteiger charge is -2.12. The van der Waals surface area contributed by atoms with Gasteiger partial charge in [-0.3, -0.25) is 0 Å². The van der Waals surface area contributed by atoms with Crippen molar-refractivity contribution in [1.29, 1.82) is 0 Å². The molecule has 0 fully saturated rings. The molecule has 2 aromatic carbocycles. The Morgan fingerprint density at radius 1 is 1.06 bits per heavy atom. The molecule has 1 nitrogen and oxygen atoms in total. The fraction of sp³-hybridized carbons (Fsp3) is 0.250. The van der Waals surface area contributed by atoms with E-state index in [1.165, 1.54) is 10.5 Å². The van der Waals surface area contributed by atoms with Gasteiger partial charge in [0.1, 0.15) is 6.10 Å². The lowest BCUT2D eigenvalue weighted by Crippen LogP contribution is -1.99. The molecule has 0 saturated carbocycles. The van der Waals surface area contributed by atoms with Crippen molar-refractivity contribution in [2.45, 2.75) is 24.8 Å². The summed E-state index contributed by atoms with van der Waals surface area (Å²) >= 11 is 1.81. The minimum atomic E-state index is -0.537. The zero-order chi connectivity index (χ0) is 13.0. The zero-order valence-electron chi connectivity index (χ0n) is 10.8. The van der Waals surface area contributed by atoms with Crippen molar-refractivity contribution < 1.29 is 5.11 Å². The second-order valence-corrected chi connectivity index (χ2v) is 5.66. The number of benzene rings is 2. The smallest absolute Gasteiger partial charge is 0.104 e. The van der Waals surface area contributed by atoms with Gasteiger partial charge in [0, 0.05) is 4.90 Å². The van der Waals surface area contributed by atoms with Gasteiger partial charge in [0.05, 0.1) is 0 Å². The molecule has 0 aliphatic heterocycles. The van der Waals surface area contributed by atoms with Gasteiger partial charge in [-0.25, -0.2) is 0 Å². The maximum absolute atomic E-state index is 10.3. The summed E-state index contributed by atoms with van der Waals surface area (Å²) in [7, 11) is 0. The molecule has 2 heteroatoms. The maximum Gasteiger partial charge on any atom is 0.104 e. The van der Waals surface area contributed by atoms with Crippen molar-refractivity contribution >= 4 is 11.8 Å². The Hall–Kier alpha value is -1.25. The van der Waals surface area contributed by atoms with E-state index >= 15 is 0 Å². The quantitative estimate of drug-likeness (QED) is 0.830. The van der Waals surface area contributed by atoms with Crippen LogP contribution in [0.15, 0.2) is 53.4 Å². The molecule has 18 heavy (non-hydrogen) atoms. The van der Waals surface area contributed by atoms with Gasteiger partial charge in [-0.1, -0.05) is 48.9 Å². The van der Waals surface area contributed by atoms with E-state index in [9.17, 15) is 5.11 Å². The van der Waals surface area contributed by atoms with Gasteiger partial charge in [0.2, 0.25) is 0 Å². The number of aliphatic hydroxyl groups excluding tert-OH is 1. The highest BCUT2D eigenvalue weighted by Crippen LogP contribution is 2.25. The van der Waals surface area contributed by atoms with Crippen LogP contribution in [0.3, 0.4) is 0 Å². The number of hydrogen-bond donors (Lipinski definition) is 1. The van der Waals surface area contributed by atoms with E-state index in [2.05, 4.69) is 19.1 Å². The lowest BCUT2D eigenvalue weighted by atomic mass is 10.0. The molecule has 0 unspecified atom stereocenters. The summed E-state index contributed by atoms with van der Waals surface area (Å²) in [6.07, 6.45) is -0.537. The van der Waals surface area contributed by atoms with Crippen LogP contribution in [0.1, 0.15) is 29.7 Å². The summed E-state index contributed by atoms with van der Waals surface area (Å²) in [5.74, 6) is 1.07. The Bertz CT molecular complexity index is 505. The van der Waals surface area contributed by atoms with Crippen molar-refractivity contribution in [1.82, 2.24) is 0 Å². The van der Waals surface area contributed by atoms with Crippen LogP contribution < -0.4 is 0 Å². The van der Waals surface area contributed by atoms with E-state index in [1.807, 2.05) is 55.1 Å². The fourth-order valence-corrected chi connectivity index (χ4v) is 2.61. The van der Waals surface area contributed by atoms with E-state index in [-0.39, 0.29) is 0 Å². The van der Waals surface area contributed by atoms with Crippen LogP contribution >= 0.6 is 11.8 Å². The normalized spacial score (nSPS) is 12.4. The van der Waals surface area contributed by atoms with Gasteiger partial charge in [0.25, 0.3) is 0 Å².